The minimum absolute atomic E-state index is 0.00890. The zero-order chi connectivity index (χ0) is 28.3. The fraction of sp³-hybridized carbons (Fsp3) is 0.211. The summed E-state index contributed by atoms with van der Waals surface area (Å²) in [6, 6.07) is 39.0. The smallest absolute Gasteiger partial charge is 0.333 e. The second-order valence-corrected chi connectivity index (χ2v) is 13.9. The Bertz CT molecular complexity index is 2020. The van der Waals surface area contributed by atoms with Crippen LogP contribution in [0.5, 0.6) is 0 Å². The van der Waals surface area contributed by atoms with Crippen molar-refractivity contribution in [3.05, 3.63) is 114 Å². The van der Waals surface area contributed by atoms with Gasteiger partial charge in [0.2, 0.25) is 0 Å². The molecule has 0 saturated carbocycles. The van der Waals surface area contributed by atoms with Gasteiger partial charge in [-0.1, -0.05) is 114 Å². The highest BCUT2D eigenvalue weighted by Crippen LogP contribution is 2.47. The molecule has 5 aromatic carbocycles. The van der Waals surface area contributed by atoms with Gasteiger partial charge in [0.15, 0.2) is 0 Å². The Morgan fingerprint density at radius 1 is 0.561 bits per heavy atom. The Hall–Kier alpha value is -4.24. The molecule has 0 N–H and O–H groups in total. The molecular formula is C38H35BN2. The summed E-state index contributed by atoms with van der Waals surface area (Å²) in [4.78, 5) is 2.53. The van der Waals surface area contributed by atoms with E-state index >= 15 is 0 Å². The Morgan fingerprint density at radius 2 is 1.24 bits per heavy atom. The van der Waals surface area contributed by atoms with Crippen molar-refractivity contribution < 1.29 is 0 Å². The molecule has 8 rings (SSSR count). The number of benzene rings is 5. The van der Waals surface area contributed by atoms with Gasteiger partial charge in [-0.25, -0.2) is 0 Å². The van der Waals surface area contributed by atoms with Crippen molar-refractivity contribution in [2.45, 2.75) is 52.4 Å². The molecule has 6 aromatic rings. The molecular weight excluding hydrogens is 495 g/mol. The Balaban J connectivity index is 1.58. The summed E-state index contributed by atoms with van der Waals surface area (Å²) >= 11 is 0. The van der Waals surface area contributed by atoms with Crippen LogP contribution in [0, 0.1) is 0 Å². The molecule has 41 heavy (non-hydrogen) atoms. The van der Waals surface area contributed by atoms with Crippen molar-refractivity contribution in [2.24, 2.45) is 0 Å². The fourth-order valence-electron chi connectivity index (χ4n) is 7.15. The molecule has 3 heteroatoms. The van der Waals surface area contributed by atoms with Gasteiger partial charge in [-0.05, 0) is 68.8 Å². The number of rotatable bonds is 1. The van der Waals surface area contributed by atoms with Crippen LogP contribution in [0.1, 0.15) is 52.7 Å². The van der Waals surface area contributed by atoms with Crippen LogP contribution >= 0.6 is 0 Å². The molecule has 0 unspecified atom stereocenters. The molecule has 0 bridgehead atoms. The maximum atomic E-state index is 2.64. The number of fused-ring (bicyclic) bond motifs is 7. The van der Waals surface area contributed by atoms with E-state index in [-0.39, 0.29) is 17.7 Å². The molecule has 1 aromatic heterocycles. The Morgan fingerprint density at radius 3 is 2.00 bits per heavy atom. The quantitative estimate of drug-likeness (QED) is 0.193. The van der Waals surface area contributed by atoms with Crippen molar-refractivity contribution in [1.82, 2.24) is 4.48 Å². The third-order valence-corrected chi connectivity index (χ3v) is 9.26. The van der Waals surface area contributed by atoms with Crippen LogP contribution in [0.2, 0.25) is 0 Å². The standard InChI is InChI=1S/C38H35BN2/c1-37(2,3)24-19-20-31-33(22-24)40(26-13-8-7-9-14-26)34-23-25(38(4,5)6)21-30-29-17-12-16-28-27-15-10-11-18-32(27)41(36(28)29)39(31)35(30)34/h7-23H,1-6H3. The summed E-state index contributed by atoms with van der Waals surface area (Å²) in [5.41, 5.74) is 14.7. The third kappa shape index (κ3) is 3.38. The summed E-state index contributed by atoms with van der Waals surface area (Å²) in [6.45, 7) is 14.0. The minimum atomic E-state index is 0.00890. The second kappa shape index (κ2) is 8.16. The van der Waals surface area contributed by atoms with E-state index < -0.39 is 0 Å². The molecule has 3 heterocycles. The molecule has 0 saturated heterocycles. The van der Waals surface area contributed by atoms with Gasteiger partial charge in [-0.3, -0.25) is 0 Å². The van der Waals surface area contributed by atoms with Gasteiger partial charge in [-0.2, -0.15) is 0 Å². The van der Waals surface area contributed by atoms with Crippen LogP contribution in [0.25, 0.3) is 32.9 Å². The number of para-hydroxylation sites is 3. The van der Waals surface area contributed by atoms with Gasteiger partial charge in [-0.15, -0.1) is 0 Å². The highest BCUT2D eigenvalue weighted by molar-refractivity contribution is 6.90. The average molecular weight is 531 g/mol. The number of nitrogens with zero attached hydrogens (tertiary/aromatic N) is 2. The monoisotopic (exact) mass is 530 g/mol. The van der Waals surface area contributed by atoms with E-state index in [1.54, 1.807) is 0 Å². The largest absolute Gasteiger partial charge is 0.375 e. The predicted molar refractivity (Wildman–Crippen MR) is 177 cm³/mol. The Kier molecular flexibility index (Phi) is 4.89. The molecule has 0 fully saturated rings. The highest BCUT2D eigenvalue weighted by atomic mass is 15.2. The van der Waals surface area contributed by atoms with E-state index in [2.05, 4.69) is 154 Å². The first-order chi connectivity index (χ1) is 19.6. The third-order valence-electron chi connectivity index (χ3n) is 9.26. The molecule has 2 aliphatic rings. The van der Waals surface area contributed by atoms with Crippen LogP contribution in [-0.2, 0) is 10.8 Å². The van der Waals surface area contributed by atoms with E-state index in [9.17, 15) is 0 Å². The van der Waals surface area contributed by atoms with Crippen molar-refractivity contribution in [2.75, 3.05) is 4.90 Å². The normalized spacial score (nSPS) is 14.0. The van der Waals surface area contributed by atoms with E-state index in [1.165, 1.54) is 72.0 Å². The van der Waals surface area contributed by atoms with Gasteiger partial charge in [0, 0.05) is 44.4 Å². The van der Waals surface area contributed by atoms with E-state index in [0.717, 1.165) is 0 Å². The molecule has 0 radical (unpaired) electrons. The first-order valence-electron chi connectivity index (χ1n) is 14.8. The summed E-state index contributed by atoms with van der Waals surface area (Å²) in [6.07, 6.45) is 0. The fourth-order valence-corrected chi connectivity index (χ4v) is 7.15. The zero-order valence-corrected chi connectivity index (χ0v) is 24.8. The van der Waals surface area contributed by atoms with Crippen molar-refractivity contribution in [3.8, 4) is 11.1 Å². The SMILES string of the molecule is CC(C)(C)c1ccc2c(c1)N(c1ccccc1)c1cc(C(C)(C)C)cc3c1B2n1c2ccccc2c2cccc-3c21. The second-order valence-electron chi connectivity index (χ2n) is 13.9. The summed E-state index contributed by atoms with van der Waals surface area (Å²) in [5, 5.41) is 2.66. The summed E-state index contributed by atoms with van der Waals surface area (Å²) < 4.78 is 2.64. The van der Waals surface area contributed by atoms with Crippen LogP contribution in [0.15, 0.2) is 103 Å². The lowest BCUT2D eigenvalue weighted by atomic mass is 9.44. The summed E-state index contributed by atoms with van der Waals surface area (Å²) in [5.74, 6) is 0. The topological polar surface area (TPSA) is 8.17 Å². The molecule has 2 aliphatic heterocycles. The molecule has 200 valence electrons. The molecule has 0 spiro atoms. The van der Waals surface area contributed by atoms with Crippen molar-refractivity contribution in [1.29, 1.82) is 0 Å². The number of anilines is 3. The van der Waals surface area contributed by atoms with Crippen molar-refractivity contribution in [3.63, 3.8) is 0 Å². The van der Waals surface area contributed by atoms with Crippen LogP contribution in [-0.4, -0.2) is 11.3 Å². The first kappa shape index (κ1) is 24.6. The lowest BCUT2D eigenvalue weighted by molar-refractivity contribution is 0.590. The lowest BCUT2D eigenvalue weighted by Crippen LogP contribution is -2.57. The van der Waals surface area contributed by atoms with Gasteiger partial charge in [0.25, 0.3) is 0 Å². The molecule has 0 atom stereocenters. The minimum Gasteiger partial charge on any atom is -0.375 e. The Labute approximate surface area is 243 Å². The van der Waals surface area contributed by atoms with E-state index in [1.807, 2.05) is 0 Å². The molecule has 0 amide bonds. The number of hydrogen-bond donors (Lipinski definition) is 0. The lowest BCUT2D eigenvalue weighted by Gasteiger charge is -2.42. The van der Waals surface area contributed by atoms with E-state index in [0.29, 0.717) is 0 Å². The molecule has 2 nitrogen and oxygen atoms in total. The maximum Gasteiger partial charge on any atom is 0.333 e. The summed E-state index contributed by atoms with van der Waals surface area (Å²) in [7, 11) is 0. The van der Waals surface area contributed by atoms with Crippen molar-refractivity contribution >= 4 is 56.6 Å². The van der Waals surface area contributed by atoms with Crippen LogP contribution < -0.4 is 15.8 Å². The van der Waals surface area contributed by atoms with E-state index in [4.69, 9.17) is 0 Å². The van der Waals surface area contributed by atoms with Gasteiger partial charge >= 0.3 is 6.85 Å². The zero-order valence-electron chi connectivity index (χ0n) is 24.8. The van der Waals surface area contributed by atoms with Gasteiger partial charge < -0.3 is 9.38 Å². The van der Waals surface area contributed by atoms with Gasteiger partial charge in [0.1, 0.15) is 0 Å². The maximum absolute atomic E-state index is 2.64. The van der Waals surface area contributed by atoms with Crippen LogP contribution in [0.4, 0.5) is 17.1 Å². The predicted octanol–water partition coefficient (Wildman–Crippen LogP) is 8.81. The molecule has 0 aliphatic carbocycles. The van der Waals surface area contributed by atoms with Gasteiger partial charge in [0.05, 0.1) is 0 Å². The average Bonchev–Trinajstić information content (AvgIpc) is 3.29. The highest BCUT2D eigenvalue weighted by Gasteiger charge is 2.43. The number of aromatic nitrogens is 1. The number of hydrogen-bond acceptors (Lipinski definition) is 1. The first-order valence-corrected chi connectivity index (χ1v) is 14.8. The van der Waals surface area contributed by atoms with Crippen LogP contribution in [0.3, 0.4) is 0 Å².